The Morgan fingerprint density at radius 3 is 2.62 bits per heavy atom. The normalized spacial score (nSPS) is 33.0. The maximum Gasteiger partial charge on any atom is 0.180 e. The van der Waals surface area contributed by atoms with Crippen molar-refractivity contribution in [2.75, 3.05) is 0 Å². The lowest BCUT2D eigenvalue weighted by Gasteiger charge is -2.38. The summed E-state index contributed by atoms with van der Waals surface area (Å²) in [5.74, 6) is 0.422. The molecule has 112 valence electrons. The Balaban J connectivity index is 1.90. The van der Waals surface area contributed by atoms with E-state index in [2.05, 4.69) is 36.7 Å². The average Bonchev–Trinajstić information content (AvgIpc) is 2.77. The molecule has 2 aliphatic rings. The van der Waals surface area contributed by atoms with E-state index in [1.54, 1.807) is 12.1 Å². The maximum absolute atomic E-state index is 14.3. The van der Waals surface area contributed by atoms with Crippen LogP contribution in [0.2, 0.25) is 0 Å². The highest BCUT2D eigenvalue weighted by atomic mass is 79.9. The van der Waals surface area contributed by atoms with Crippen LogP contribution in [0.15, 0.2) is 16.6 Å². The second kappa shape index (κ2) is 4.71. The van der Waals surface area contributed by atoms with E-state index >= 15 is 0 Å². The largest absolute Gasteiger partial charge is 0.487 e. The van der Waals surface area contributed by atoms with Crippen molar-refractivity contribution in [3.63, 3.8) is 0 Å². The van der Waals surface area contributed by atoms with E-state index in [1.165, 1.54) is 6.42 Å². The Morgan fingerprint density at radius 1 is 1.38 bits per heavy atom. The van der Waals surface area contributed by atoms with Crippen molar-refractivity contribution >= 4 is 15.9 Å². The van der Waals surface area contributed by atoms with Crippen LogP contribution >= 0.6 is 15.9 Å². The fourth-order valence-electron chi connectivity index (χ4n) is 4.17. The van der Waals surface area contributed by atoms with Gasteiger partial charge in [-0.15, -0.1) is 0 Å². The molecule has 0 aromatic heterocycles. The van der Waals surface area contributed by atoms with E-state index < -0.39 is 5.82 Å². The topological polar surface area (TPSA) is 33.0 Å². The van der Waals surface area contributed by atoms with Gasteiger partial charge in [-0.05, 0) is 58.7 Å². The van der Waals surface area contributed by atoms with E-state index in [9.17, 15) is 4.39 Å². The summed E-state index contributed by atoms with van der Waals surface area (Å²) in [4.78, 5) is 0. The molecule has 2 aliphatic carbocycles. The summed E-state index contributed by atoms with van der Waals surface area (Å²) in [5, 5.41) is 8.93. The molecule has 2 nitrogen and oxygen atoms in total. The molecule has 0 N–H and O–H groups in total. The molecule has 0 radical (unpaired) electrons. The van der Waals surface area contributed by atoms with E-state index in [0.29, 0.717) is 11.5 Å². The first-order valence-corrected chi connectivity index (χ1v) is 8.15. The minimum absolute atomic E-state index is 0.0422. The van der Waals surface area contributed by atoms with Crippen LogP contribution in [0.25, 0.3) is 0 Å². The number of benzene rings is 1. The number of halogens is 2. The molecule has 2 saturated carbocycles. The summed E-state index contributed by atoms with van der Waals surface area (Å²) in [7, 11) is 0. The predicted molar refractivity (Wildman–Crippen MR) is 82.5 cm³/mol. The third kappa shape index (κ3) is 1.93. The van der Waals surface area contributed by atoms with Gasteiger partial charge in [-0.25, -0.2) is 4.39 Å². The van der Waals surface area contributed by atoms with Crippen LogP contribution in [-0.2, 0) is 0 Å². The number of hydrogen-bond acceptors (Lipinski definition) is 2. The van der Waals surface area contributed by atoms with Crippen molar-refractivity contribution in [3.8, 4) is 11.8 Å². The van der Waals surface area contributed by atoms with Gasteiger partial charge in [-0.1, -0.05) is 20.8 Å². The Bertz CT molecular complexity index is 636. The zero-order valence-corrected chi connectivity index (χ0v) is 14.1. The van der Waals surface area contributed by atoms with Crippen molar-refractivity contribution in [2.45, 2.75) is 46.1 Å². The molecule has 1 aromatic rings. The number of hydrogen-bond donors (Lipinski definition) is 0. The van der Waals surface area contributed by atoms with Crippen molar-refractivity contribution in [1.82, 2.24) is 0 Å². The van der Waals surface area contributed by atoms with Crippen LogP contribution < -0.4 is 4.74 Å². The molecule has 0 amide bonds. The van der Waals surface area contributed by atoms with Crippen LogP contribution in [-0.4, -0.2) is 6.10 Å². The zero-order valence-electron chi connectivity index (χ0n) is 12.5. The summed E-state index contributed by atoms with van der Waals surface area (Å²) in [6.07, 6.45) is 3.40. The van der Waals surface area contributed by atoms with Gasteiger partial charge in [-0.3, -0.25) is 0 Å². The second-order valence-electron chi connectivity index (χ2n) is 7.07. The van der Waals surface area contributed by atoms with Gasteiger partial charge in [0.15, 0.2) is 11.6 Å². The van der Waals surface area contributed by atoms with Crippen molar-refractivity contribution in [3.05, 3.63) is 28.0 Å². The van der Waals surface area contributed by atoms with Gasteiger partial charge in [0, 0.05) is 5.41 Å². The predicted octanol–water partition coefficient (Wildman–Crippen LogP) is 5.05. The van der Waals surface area contributed by atoms with Crippen molar-refractivity contribution in [2.24, 2.45) is 16.7 Å². The third-order valence-corrected chi connectivity index (χ3v) is 6.93. The first-order chi connectivity index (χ1) is 9.81. The van der Waals surface area contributed by atoms with Gasteiger partial charge in [-0.2, -0.15) is 5.26 Å². The molecule has 1 aromatic carbocycles. The lowest BCUT2D eigenvalue weighted by Crippen LogP contribution is -2.39. The van der Waals surface area contributed by atoms with E-state index in [0.717, 1.165) is 12.8 Å². The van der Waals surface area contributed by atoms with E-state index in [1.807, 2.05) is 6.07 Å². The molecular weight excluding hydrogens is 333 g/mol. The number of nitriles is 1. The minimum atomic E-state index is -0.474. The average molecular weight is 352 g/mol. The summed E-state index contributed by atoms with van der Waals surface area (Å²) in [6.45, 7) is 6.87. The smallest absolute Gasteiger partial charge is 0.180 e. The quantitative estimate of drug-likeness (QED) is 0.746. The Kier molecular flexibility index (Phi) is 3.33. The number of rotatable bonds is 2. The molecule has 0 heterocycles. The number of ether oxygens (including phenoxy) is 1. The zero-order chi connectivity index (χ0) is 15.4. The molecule has 0 spiro atoms. The molecule has 3 atom stereocenters. The van der Waals surface area contributed by atoms with Gasteiger partial charge in [0.25, 0.3) is 0 Å². The van der Waals surface area contributed by atoms with Gasteiger partial charge in [0.1, 0.15) is 12.2 Å². The van der Waals surface area contributed by atoms with Gasteiger partial charge < -0.3 is 4.74 Å². The first-order valence-electron chi connectivity index (χ1n) is 7.36. The Hall–Kier alpha value is -1.08. The van der Waals surface area contributed by atoms with Gasteiger partial charge >= 0.3 is 0 Å². The van der Waals surface area contributed by atoms with Crippen LogP contribution in [0.5, 0.6) is 5.75 Å². The van der Waals surface area contributed by atoms with Crippen molar-refractivity contribution in [1.29, 1.82) is 5.26 Å². The highest BCUT2D eigenvalue weighted by Crippen LogP contribution is 2.66. The maximum atomic E-state index is 14.3. The van der Waals surface area contributed by atoms with Crippen molar-refractivity contribution < 1.29 is 9.13 Å². The van der Waals surface area contributed by atoms with E-state index in [4.69, 9.17) is 10.00 Å². The van der Waals surface area contributed by atoms with Crippen LogP contribution in [0.3, 0.4) is 0 Å². The second-order valence-corrected chi connectivity index (χ2v) is 7.86. The van der Waals surface area contributed by atoms with Crippen LogP contribution in [0, 0.1) is 33.9 Å². The lowest BCUT2D eigenvalue weighted by atomic mass is 9.70. The molecule has 2 fully saturated rings. The molecule has 3 rings (SSSR count). The lowest BCUT2D eigenvalue weighted by molar-refractivity contribution is 0.0277. The fraction of sp³-hybridized carbons (Fsp3) is 0.588. The molecule has 0 aliphatic heterocycles. The van der Waals surface area contributed by atoms with Gasteiger partial charge in [0.2, 0.25) is 0 Å². The van der Waals surface area contributed by atoms with Crippen LogP contribution in [0.1, 0.15) is 45.6 Å². The van der Waals surface area contributed by atoms with E-state index in [-0.39, 0.29) is 27.2 Å². The highest BCUT2D eigenvalue weighted by Gasteiger charge is 2.62. The molecule has 0 saturated heterocycles. The first kappa shape index (κ1) is 14.8. The minimum Gasteiger partial charge on any atom is -0.487 e. The molecule has 4 heteroatoms. The van der Waals surface area contributed by atoms with Gasteiger partial charge in [0.05, 0.1) is 10.0 Å². The summed E-state index contributed by atoms with van der Waals surface area (Å²) in [5.41, 5.74) is 0.613. The third-order valence-electron chi connectivity index (χ3n) is 6.15. The van der Waals surface area contributed by atoms with Crippen LogP contribution in [0.4, 0.5) is 4.39 Å². The molecule has 21 heavy (non-hydrogen) atoms. The summed E-state index contributed by atoms with van der Waals surface area (Å²) >= 11 is 3.14. The fourth-order valence-corrected chi connectivity index (χ4v) is 4.59. The number of nitrogens with zero attached hydrogens (tertiary/aromatic N) is 1. The molecule has 2 bridgehead atoms. The Morgan fingerprint density at radius 2 is 2.10 bits per heavy atom. The molecular formula is C17H19BrFNO. The monoisotopic (exact) mass is 351 g/mol. The Labute approximate surface area is 133 Å². The summed E-state index contributed by atoms with van der Waals surface area (Å²) in [6, 6.07) is 5.13. The standard InChI is InChI=1S/C17H19BrFNO/c1-16(2)11-6-7-17(16,3)13(8-11)21-12-5-4-10(9-20)14(18)15(12)19/h4-5,11,13H,6-8H2,1-3H3. The highest BCUT2D eigenvalue weighted by molar-refractivity contribution is 9.10. The SMILES string of the molecule is CC1(C)C2CCC1(C)C(Oc1ccc(C#N)c(Br)c1F)C2. The molecule has 3 unspecified atom stereocenters. The summed E-state index contributed by atoms with van der Waals surface area (Å²) < 4.78 is 20.6. The number of fused-ring (bicyclic) bond motifs is 2.